The van der Waals surface area contributed by atoms with E-state index in [0.29, 0.717) is 0 Å². The summed E-state index contributed by atoms with van der Waals surface area (Å²) >= 11 is 0. The van der Waals surface area contributed by atoms with Gasteiger partial charge in [-0.15, -0.1) is 0 Å². The third-order valence-electron chi connectivity index (χ3n) is 3.16. The first-order valence-corrected chi connectivity index (χ1v) is 6.52. The minimum atomic E-state index is -0.711. The zero-order chi connectivity index (χ0) is 13.7. The Bertz CT molecular complexity index is 423. The fourth-order valence-electron chi connectivity index (χ4n) is 2.17. The summed E-state index contributed by atoms with van der Waals surface area (Å²) in [5, 5.41) is 0. The van der Waals surface area contributed by atoms with Gasteiger partial charge in [-0.25, -0.2) is 8.78 Å². The Labute approximate surface area is 111 Å². The quantitative estimate of drug-likeness (QED) is 0.844. The molecule has 0 saturated carbocycles. The number of likely N-dealkylation sites (tertiary alicyclic amines) is 1. The second-order valence-electron chi connectivity index (χ2n) is 4.69. The topological polar surface area (TPSA) is 29.5 Å². The first kappa shape index (κ1) is 13.8. The highest BCUT2D eigenvalue weighted by atomic mass is 19.1. The van der Waals surface area contributed by atoms with Crippen molar-refractivity contribution in [3.63, 3.8) is 0 Å². The number of halogens is 2. The van der Waals surface area contributed by atoms with Crippen molar-refractivity contribution in [2.75, 3.05) is 19.7 Å². The summed E-state index contributed by atoms with van der Waals surface area (Å²) in [6.07, 6.45) is 4.28. The van der Waals surface area contributed by atoms with Gasteiger partial charge in [0.2, 0.25) is 0 Å². The SMILES string of the molecule is O=C(COc1cc(F)cc(F)c1)N1CCCCCC1. The van der Waals surface area contributed by atoms with Crippen molar-refractivity contribution < 1.29 is 18.3 Å². The smallest absolute Gasteiger partial charge is 0.260 e. The van der Waals surface area contributed by atoms with Gasteiger partial charge in [0.05, 0.1) is 0 Å². The van der Waals surface area contributed by atoms with Crippen LogP contribution in [0.15, 0.2) is 18.2 Å². The summed E-state index contributed by atoms with van der Waals surface area (Å²) < 4.78 is 31.0. The number of hydrogen-bond donors (Lipinski definition) is 0. The number of ether oxygens (including phenoxy) is 1. The molecular weight excluding hydrogens is 252 g/mol. The highest BCUT2D eigenvalue weighted by Crippen LogP contribution is 2.16. The average Bonchev–Trinajstić information content (AvgIpc) is 2.63. The molecule has 0 aliphatic carbocycles. The molecule has 0 spiro atoms. The van der Waals surface area contributed by atoms with Crippen LogP contribution in [-0.4, -0.2) is 30.5 Å². The largest absolute Gasteiger partial charge is 0.484 e. The molecule has 104 valence electrons. The highest BCUT2D eigenvalue weighted by Gasteiger charge is 2.16. The Kier molecular flexibility index (Phi) is 4.71. The fourth-order valence-corrected chi connectivity index (χ4v) is 2.17. The van der Waals surface area contributed by atoms with Crippen molar-refractivity contribution in [2.24, 2.45) is 0 Å². The van der Waals surface area contributed by atoms with Crippen LogP contribution in [-0.2, 0) is 4.79 Å². The molecule has 3 nitrogen and oxygen atoms in total. The zero-order valence-corrected chi connectivity index (χ0v) is 10.7. The van der Waals surface area contributed by atoms with Crippen molar-refractivity contribution in [2.45, 2.75) is 25.7 Å². The van der Waals surface area contributed by atoms with Gasteiger partial charge in [0.25, 0.3) is 5.91 Å². The first-order chi connectivity index (χ1) is 9.15. The van der Waals surface area contributed by atoms with Gasteiger partial charge in [-0.1, -0.05) is 12.8 Å². The minimum absolute atomic E-state index is 0.0423. The lowest BCUT2D eigenvalue weighted by molar-refractivity contribution is -0.133. The summed E-state index contributed by atoms with van der Waals surface area (Å²) in [5.41, 5.74) is 0. The molecule has 0 N–H and O–H groups in total. The van der Waals surface area contributed by atoms with Gasteiger partial charge >= 0.3 is 0 Å². The van der Waals surface area contributed by atoms with E-state index in [-0.39, 0.29) is 18.3 Å². The Morgan fingerprint density at radius 2 is 1.63 bits per heavy atom. The van der Waals surface area contributed by atoms with Gasteiger partial charge in [0.1, 0.15) is 17.4 Å². The molecule has 1 amide bonds. The van der Waals surface area contributed by atoms with Crippen LogP contribution in [0, 0.1) is 11.6 Å². The van der Waals surface area contributed by atoms with Crippen molar-refractivity contribution in [3.8, 4) is 5.75 Å². The van der Waals surface area contributed by atoms with E-state index < -0.39 is 11.6 Å². The van der Waals surface area contributed by atoms with E-state index in [0.717, 1.165) is 57.0 Å². The summed E-state index contributed by atoms with van der Waals surface area (Å²) in [5.74, 6) is -1.51. The molecule has 1 aliphatic heterocycles. The van der Waals surface area contributed by atoms with E-state index in [1.807, 2.05) is 0 Å². The number of nitrogens with zero attached hydrogens (tertiary/aromatic N) is 1. The monoisotopic (exact) mass is 269 g/mol. The number of hydrogen-bond acceptors (Lipinski definition) is 2. The van der Waals surface area contributed by atoms with Crippen molar-refractivity contribution in [3.05, 3.63) is 29.8 Å². The summed E-state index contributed by atoms with van der Waals surface area (Å²) in [7, 11) is 0. The predicted molar refractivity (Wildman–Crippen MR) is 66.9 cm³/mol. The highest BCUT2D eigenvalue weighted by molar-refractivity contribution is 5.77. The van der Waals surface area contributed by atoms with Gasteiger partial charge in [-0.2, -0.15) is 0 Å². The minimum Gasteiger partial charge on any atom is -0.484 e. The lowest BCUT2D eigenvalue weighted by Gasteiger charge is -2.20. The van der Waals surface area contributed by atoms with Crippen molar-refractivity contribution >= 4 is 5.91 Å². The van der Waals surface area contributed by atoms with Gasteiger partial charge in [0.15, 0.2) is 6.61 Å². The van der Waals surface area contributed by atoms with Gasteiger partial charge in [-0.3, -0.25) is 4.79 Å². The molecule has 5 heteroatoms. The van der Waals surface area contributed by atoms with Crippen molar-refractivity contribution in [1.82, 2.24) is 4.90 Å². The van der Waals surface area contributed by atoms with Crippen LogP contribution in [0.4, 0.5) is 8.78 Å². The Morgan fingerprint density at radius 3 is 2.21 bits per heavy atom. The Balaban J connectivity index is 1.88. The summed E-state index contributed by atoms with van der Waals surface area (Å²) in [6.45, 7) is 1.29. The van der Waals surface area contributed by atoms with Crippen molar-refractivity contribution in [1.29, 1.82) is 0 Å². The second-order valence-corrected chi connectivity index (χ2v) is 4.69. The summed E-state index contributed by atoms with van der Waals surface area (Å²) in [6, 6.07) is 2.90. The van der Waals surface area contributed by atoms with E-state index >= 15 is 0 Å². The van der Waals surface area contributed by atoms with E-state index in [2.05, 4.69) is 0 Å². The first-order valence-electron chi connectivity index (χ1n) is 6.52. The van der Waals surface area contributed by atoms with Crippen LogP contribution < -0.4 is 4.74 Å². The Morgan fingerprint density at radius 1 is 1.05 bits per heavy atom. The van der Waals surface area contributed by atoms with Crippen LogP contribution in [0.2, 0.25) is 0 Å². The number of amides is 1. The van der Waals surface area contributed by atoms with Crippen LogP contribution in [0.25, 0.3) is 0 Å². The van der Waals surface area contributed by atoms with Crippen LogP contribution in [0.3, 0.4) is 0 Å². The van der Waals surface area contributed by atoms with Crippen LogP contribution in [0.1, 0.15) is 25.7 Å². The van der Waals surface area contributed by atoms with Gasteiger partial charge < -0.3 is 9.64 Å². The molecular formula is C14H17F2NO2. The maximum Gasteiger partial charge on any atom is 0.260 e. The van der Waals surface area contributed by atoms with E-state index in [4.69, 9.17) is 4.74 Å². The maximum absolute atomic E-state index is 12.9. The number of carbonyl (C=O) groups excluding carboxylic acids is 1. The molecule has 1 heterocycles. The molecule has 0 radical (unpaired) electrons. The third kappa shape index (κ3) is 4.19. The molecule has 2 rings (SSSR count). The van der Waals surface area contributed by atoms with Gasteiger partial charge in [-0.05, 0) is 12.8 Å². The number of carbonyl (C=O) groups is 1. The molecule has 1 fully saturated rings. The standard InChI is InChI=1S/C14H17F2NO2/c15-11-7-12(16)9-13(8-11)19-10-14(18)17-5-3-1-2-4-6-17/h7-9H,1-6,10H2. The molecule has 0 atom stereocenters. The van der Waals surface area contributed by atoms with E-state index in [1.54, 1.807) is 4.90 Å². The van der Waals surface area contributed by atoms with Gasteiger partial charge in [0, 0.05) is 31.3 Å². The molecule has 19 heavy (non-hydrogen) atoms. The Hall–Kier alpha value is -1.65. The zero-order valence-electron chi connectivity index (χ0n) is 10.7. The third-order valence-corrected chi connectivity index (χ3v) is 3.16. The maximum atomic E-state index is 12.9. The lowest BCUT2D eigenvalue weighted by Crippen LogP contribution is -2.35. The lowest BCUT2D eigenvalue weighted by atomic mass is 10.2. The molecule has 1 aromatic rings. The van der Waals surface area contributed by atoms with E-state index in [1.165, 1.54) is 0 Å². The van der Waals surface area contributed by atoms with Crippen LogP contribution in [0.5, 0.6) is 5.75 Å². The van der Waals surface area contributed by atoms with Crippen LogP contribution >= 0.6 is 0 Å². The number of benzene rings is 1. The normalized spacial score (nSPS) is 16.0. The molecule has 0 aromatic heterocycles. The average molecular weight is 269 g/mol. The fraction of sp³-hybridized carbons (Fsp3) is 0.500. The molecule has 0 bridgehead atoms. The number of rotatable bonds is 3. The summed E-state index contributed by atoms with van der Waals surface area (Å²) in [4.78, 5) is 13.7. The second kappa shape index (κ2) is 6.50. The molecule has 0 unspecified atom stereocenters. The molecule has 1 aromatic carbocycles. The predicted octanol–water partition coefficient (Wildman–Crippen LogP) is 2.75. The molecule has 1 saturated heterocycles. The van der Waals surface area contributed by atoms with E-state index in [9.17, 15) is 13.6 Å². The molecule has 1 aliphatic rings.